The average molecular weight is 1050 g/mol. The van der Waals surface area contributed by atoms with Gasteiger partial charge in [0.15, 0.2) is 0 Å². The molecule has 8 aromatic carbocycles. The van der Waals surface area contributed by atoms with E-state index in [-0.39, 0.29) is 75.6 Å². The molecule has 9 rings (SSSR count). The van der Waals surface area contributed by atoms with Crippen LogP contribution < -0.4 is 17.0 Å². The SMILES string of the molecule is Fc1ccccc1C(Cc1ccccc1)C1=NC=NC1.N#CC(Cc1ccccc1)c1ccccc1F.N#CCc1ccccc1F.O=CC(Cc1ccccc1)c1ccccc1F.[Br-].[CH2-]c1ccccc1.[Mg+2]. The van der Waals surface area contributed by atoms with Crippen LogP contribution in [0.5, 0.6) is 0 Å². The molecule has 0 amide bonds. The Morgan fingerprint density at radius 2 is 0.932 bits per heavy atom. The number of aldehydes is 1. The molecule has 8 aromatic rings. The molecule has 0 spiro atoms. The molecule has 0 saturated heterocycles. The topological polar surface area (TPSA) is 89.4 Å². The van der Waals surface area contributed by atoms with Gasteiger partial charge in [0.1, 0.15) is 35.9 Å². The molecule has 5 nitrogen and oxygen atoms in total. The normalized spacial score (nSPS) is 11.7. The maximum atomic E-state index is 14.1. The van der Waals surface area contributed by atoms with Crippen molar-refractivity contribution in [2.24, 2.45) is 9.98 Å². The molecule has 3 unspecified atom stereocenters. The van der Waals surface area contributed by atoms with Gasteiger partial charge in [-0.25, -0.2) is 22.6 Å². The third-order valence-electron chi connectivity index (χ3n) is 11.1. The Hall–Kier alpha value is -7.41. The second kappa shape index (κ2) is 34.0. The van der Waals surface area contributed by atoms with Crippen LogP contribution in [0.2, 0.25) is 0 Å². The molecular formula is C62H53BrF4MgN4O. The predicted octanol–water partition coefficient (Wildman–Crippen LogP) is 11.0. The molecule has 73 heavy (non-hydrogen) atoms. The van der Waals surface area contributed by atoms with Crippen molar-refractivity contribution >= 4 is 41.4 Å². The number of benzene rings is 8. The van der Waals surface area contributed by atoms with Gasteiger partial charge in [-0.15, -0.1) is 12.1 Å². The number of aliphatic imine (C=N–C) groups is 2. The summed E-state index contributed by atoms with van der Waals surface area (Å²) < 4.78 is 53.9. The van der Waals surface area contributed by atoms with E-state index in [1.54, 1.807) is 67.0 Å². The van der Waals surface area contributed by atoms with Crippen LogP contribution in [0.25, 0.3) is 0 Å². The molecule has 11 heteroatoms. The van der Waals surface area contributed by atoms with Crippen LogP contribution in [-0.4, -0.2) is 47.9 Å². The summed E-state index contributed by atoms with van der Waals surface area (Å²) >= 11 is 0. The average Bonchev–Trinajstić information content (AvgIpc) is 3.95. The Morgan fingerprint density at radius 3 is 1.34 bits per heavy atom. The molecule has 3 atom stereocenters. The number of carbonyl (C=O) groups is 1. The number of hydrogen-bond donors (Lipinski definition) is 0. The Kier molecular flexibility index (Phi) is 27.9. The van der Waals surface area contributed by atoms with Crippen molar-refractivity contribution in [1.82, 2.24) is 0 Å². The van der Waals surface area contributed by atoms with E-state index in [1.165, 1.54) is 29.8 Å². The van der Waals surface area contributed by atoms with Gasteiger partial charge in [-0.1, -0.05) is 170 Å². The maximum Gasteiger partial charge on any atom is 2.00 e. The number of nitrogens with zero attached hydrogens (tertiary/aromatic N) is 4. The van der Waals surface area contributed by atoms with Gasteiger partial charge >= 0.3 is 23.1 Å². The van der Waals surface area contributed by atoms with E-state index < -0.39 is 11.8 Å². The standard InChI is InChI=1S/C17H15FN2.C15H12FN.C15H13FO.C8H6FN.C7H7.BrH.Mg/c18-16-9-5-4-8-14(16)15(17-11-19-12-20-17)10-13-6-2-1-3-7-13;2*16-15-9-5-4-8-14(15)13(11-17)10-12-6-2-1-3-7-12;9-8-4-2-1-3-7(8)5-6-10;1-7-5-3-2-4-6-7;;/h1-9,12,15H,10-11H2;1-9,13H,10H2;1-9,11,13H,10H2;1-4H,5H2;2-6H,1H2;1H;/q;;;;-1;;+2/p-1. The first-order valence-electron chi connectivity index (χ1n) is 22.9. The van der Waals surface area contributed by atoms with Crippen molar-refractivity contribution in [3.05, 3.63) is 293 Å². The van der Waals surface area contributed by atoms with E-state index >= 15 is 0 Å². The van der Waals surface area contributed by atoms with Crippen molar-refractivity contribution in [3.8, 4) is 12.1 Å². The predicted molar refractivity (Wildman–Crippen MR) is 283 cm³/mol. The molecule has 0 saturated carbocycles. The minimum Gasteiger partial charge on any atom is -1.00 e. The van der Waals surface area contributed by atoms with E-state index in [0.29, 0.717) is 41.6 Å². The summed E-state index contributed by atoms with van der Waals surface area (Å²) in [6.45, 7) is 4.28. The van der Waals surface area contributed by atoms with Crippen molar-refractivity contribution in [2.45, 2.75) is 43.4 Å². The monoisotopic (exact) mass is 1050 g/mol. The first-order valence-corrected chi connectivity index (χ1v) is 22.9. The van der Waals surface area contributed by atoms with Crippen LogP contribution in [-0.2, 0) is 30.5 Å². The zero-order chi connectivity index (χ0) is 50.5. The summed E-state index contributed by atoms with van der Waals surface area (Å²) in [5.41, 5.74) is 7.35. The zero-order valence-corrected chi connectivity index (χ0v) is 43.2. The number of nitriles is 2. The van der Waals surface area contributed by atoms with Crippen LogP contribution >= 0.6 is 0 Å². The van der Waals surface area contributed by atoms with Gasteiger partial charge in [-0.2, -0.15) is 35.1 Å². The van der Waals surface area contributed by atoms with Gasteiger partial charge in [0.25, 0.3) is 0 Å². The summed E-state index contributed by atoms with van der Waals surface area (Å²) in [4.78, 5) is 19.5. The molecule has 1 heterocycles. The number of halogens is 5. The molecule has 0 fully saturated rings. The van der Waals surface area contributed by atoms with E-state index in [9.17, 15) is 22.4 Å². The first-order chi connectivity index (χ1) is 34.7. The van der Waals surface area contributed by atoms with Crippen LogP contribution in [0.4, 0.5) is 17.6 Å². The number of hydrogen-bond acceptors (Lipinski definition) is 5. The van der Waals surface area contributed by atoms with Crippen molar-refractivity contribution in [3.63, 3.8) is 0 Å². The molecule has 0 aliphatic carbocycles. The summed E-state index contributed by atoms with van der Waals surface area (Å²) in [6.07, 6.45) is 4.33. The van der Waals surface area contributed by atoms with Crippen LogP contribution in [0, 0.1) is 52.9 Å². The third kappa shape index (κ3) is 20.7. The van der Waals surface area contributed by atoms with Gasteiger partial charge in [0, 0.05) is 28.7 Å². The van der Waals surface area contributed by atoms with Crippen LogP contribution in [0.3, 0.4) is 0 Å². The van der Waals surface area contributed by atoms with Gasteiger partial charge in [-0.05, 0) is 71.3 Å². The molecule has 1 aliphatic rings. The largest absolute Gasteiger partial charge is 2.00 e. The fourth-order valence-electron chi connectivity index (χ4n) is 7.42. The number of carbonyl (C=O) groups excluding carboxylic acids is 1. The zero-order valence-electron chi connectivity index (χ0n) is 40.2. The van der Waals surface area contributed by atoms with Gasteiger partial charge in [0.2, 0.25) is 0 Å². The fraction of sp³-hybridized carbons (Fsp3) is 0.129. The fourth-order valence-corrected chi connectivity index (χ4v) is 7.42. The minimum atomic E-state index is -0.432. The van der Waals surface area contributed by atoms with E-state index in [4.69, 9.17) is 10.5 Å². The molecule has 364 valence electrons. The molecule has 0 bridgehead atoms. The Labute approximate surface area is 453 Å². The minimum absolute atomic E-state index is 0. The van der Waals surface area contributed by atoms with Gasteiger partial charge < -0.3 is 21.8 Å². The molecule has 1 aliphatic heterocycles. The molecule has 0 aromatic heterocycles. The quantitative estimate of drug-likeness (QED) is 0.0528. The van der Waals surface area contributed by atoms with E-state index in [1.807, 2.05) is 127 Å². The smallest absolute Gasteiger partial charge is 1.00 e. The molecule has 0 N–H and O–H groups in total. The first kappa shape index (κ1) is 59.9. The van der Waals surface area contributed by atoms with Crippen molar-refractivity contribution in [1.29, 1.82) is 10.5 Å². The second-order valence-corrected chi connectivity index (χ2v) is 16.1. The van der Waals surface area contributed by atoms with Gasteiger partial charge in [0.05, 0.1) is 31.0 Å². The third-order valence-corrected chi connectivity index (χ3v) is 11.1. The summed E-state index contributed by atoms with van der Waals surface area (Å²) in [7, 11) is 0. The van der Waals surface area contributed by atoms with E-state index in [0.717, 1.165) is 35.1 Å². The van der Waals surface area contributed by atoms with Crippen molar-refractivity contribution in [2.75, 3.05) is 6.54 Å². The molecular weight excluding hydrogens is 997 g/mol. The van der Waals surface area contributed by atoms with Gasteiger partial charge in [-0.3, -0.25) is 4.99 Å². The summed E-state index contributed by atoms with van der Waals surface area (Å²) in [5, 5.41) is 17.4. The number of rotatable bonds is 12. The summed E-state index contributed by atoms with van der Waals surface area (Å²) in [5.74, 6) is -2.01. The Morgan fingerprint density at radius 1 is 0.521 bits per heavy atom. The Bertz CT molecular complexity index is 2990. The molecule has 0 radical (unpaired) electrons. The van der Waals surface area contributed by atoms with Crippen LogP contribution in [0.15, 0.2) is 228 Å². The van der Waals surface area contributed by atoms with Crippen molar-refractivity contribution < 1.29 is 39.3 Å². The maximum absolute atomic E-state index is 14.1. The second-order valence-electron chi connectivity index (χ2n) is 16.1. The van der Waals surface area contributed by atoms with Crippen LogP contribution in [0.1, 0.15) is 62.3 Å². The Balaban J connectivity index is 0.000000248. The summed E-state index contributed by atoms with van der Waals surface area (Å²) in [6, 6.07) is 69.4. The van der Waals surface area contributed by atoms with E-state index in [2.05, 4.69) is 35.1 Å².